The minimum absolute atomic E-state index is 0.143. The summed E-state index contributed by atoms with van der Waals surface area (Å²) in [7, 11) is 1.43. The number of hydrogen-bond donors (Lipinski definition) is 0. The zero-order valence-electron chi connectivity index (χ0n) is 16.9. The number of benzene rings is 1. The molecule has 2 heterocycles. The maximum absolute atomic E-state index is 12.9. The molecule has 1 aliphatic heterocycles. The lowest BCUT2D eigenvalue weighted by Gasteiger charge is -2.15. The van der Waals surface area contributed by atoms with Gasteiger partial charge in [-0.3, -0.25) is 9.78 Å². The van der Waals surface area contributed by atoms with Crippen molar-refractivity contribution < 1.29 is 28.9 Å². The first-order chi connectivity index (χ1) is 14.9. The highest BCUT2D eigenvalue weighted by Crippen LogP contribution is 2.41. The fourth-order valence-electron chi connectivity index (χ4n) is 4.14. The van der Waals surface area contributed by atoms with E-state index in [2.05, 4.69) is 9.82 Å². The molecule has 0 radical (unpaired) electrons. The van der Waals surface area contributed by atoms with E-state index in [1.54, 1.807) is 25.3 Å². The van der Waals surface area contributed by atoms with Crippen LogP contribution in [-0.2, 0) is 25.7 Å². The summed E-state index contributed by atoms with van der Waals surface area (Å²) < 4.78 is 16.9. The van der Waals surface area contributed by atoms with Crippen LogP contribution in [0.1, 0.15) is 41.3 Å². The van der Waals surface area contributed by atoms with Crippen molar-refractivity contribution in [3.8, 4) is 5.75 Å². The molecular weight excluding hydrogens is 428 g/mol. The third-order valence-corrected chi connectivity index (χ3v) is 5.96. The van der Waals surface area contributed by atoms with Gasteiger partial charge in [0.15, 0.2) is 5.75 Å². The van der Waals surface area contributed by atoms with E-state index in [9.17, 15) is 14.9 Å². The van der Waals surface area contributed by atoms with Crippen LogP contribution in [0.25, 0.3) is 0 Å². The number of fused-ring (bicyclic) bond motifs is 1. The van der Waals surface area contributed by atoms with Gasteiger partial charge in [-0.15, -0.1) is 10.1 Å². The predicted molar refractivity (Wildman–Crippen MR) is 108 cm³/mol. The van der Waals surface area contributed by atoms with E-state index in [0.717, 1.165) is 16.7 Å². The molecule has 1 fully saturated rings. The molecule has 2 aliphatic rings. The van der Waals surface area contributed by atoms with Crippen LogP contribution in [0.2, 0.25) is 5.02 Å². The molecule has 4 atom stereocenters. The number of halogens is 1. The van der Waals surface area contributed by atoms with Crippen LogP contribution < -0.4 is 4.74 Å². The second kappa shape index (κ2) is 8.78. The van der Waals surface area contributed by atoms with Gasteiger partial charge in [-0.1, -0.05) is 23.7 Å². The molecule has 31 heavy (non-hydrogen) atoms. The van der Waals surface area contributed by atoms with Crippen LogP contribution in [0.5, 0.6) is 5.75 Å². The molecule has 0 saturated heterocycles. The van der Waals surface area contributed by atoms with Crippen molar-refractivity contribution in [2.24, 2.45) is 5.92 Å². The summed E-state index contributed by atoms with van der Waals surface area (Å²) in [6.45, 7) is 2.02. The lowest BCUT2D eigenvalue weighted by atomic mass is 10.00. The van der Waals surface area contributed by atoms with Gasteiger partial charge in [-0.05, 0) is 37.5 Å². The Morgan fingerprint density at radius 1 is 1.26 bits per heavy atom. The Labute approximate surface area is 183 Å². The standard InChI is InChI=1S/C21H21ClN2O7/c1-11-19(30-21(25)13-7-17(28-2)18(8-13)31-24(26)27)16-10-29-20(15(16)9-23-11)12-3-5-14(22)6-4-12/h3-6,9,13,17-18,20H,7-8,10H2,1-2H3/t13-,17+,18-,20?/m1/s1. The number of rotatable bonds is 6. The highest BCUT2D eigenvalue weighted by atomic mass is 35.5. The summed E-state index contributed by atoms with van der Waals surface area (Å²) in [4.78, 5) is 32.6. The quantitative estimate of drug-likeness (QED) is 0.374. The number of carbonyl (C=O) groups excluding carboxylic acids is 1. The topological polar surface area (TPSA) is 110 Å². The number of nitrogens with zero attached hydrogens (tertiary/aromatic N) is 2. The monoisotopic (exact) mass is 448 g/mol. The third-order valence-electron chi connectivity index (χ3n) is 5.71. The molecular formula is C21H21ClN2O7. The zero-order chi connectivity index (χ0) is 22.1. The summed E-state index contributed by atoms with van der Waals surface area (Å²) in [5, 5.41) is 10.5. The van der Waals surface area contributed by atoms with E-state index >= 15 is 0 Å². The average Bonchev–Trinajstić information content (AvgIpc) is 3.34. The number of aryl methyl sites for hydroxylation is 1. The van der Waals surface area contributed by atoms with Crippen LogP contribution >= 0.6 is 11.6 Å². The van der Waals surface area contributed by atoms with Gasteiger partial charge in [0, 0.05) is 29.5 Å². The van der Waals surface area contributed by atoms with Crippen molar-refractivity contribution in [1.29, 1.82) is 0 Å². The number of hydrogen-bond acceptors (Lipinski definition) is 8. The van der Waals surface area contributed by atoms with Crippen LogP contribution in [0.3, 0.4) is 0 Å². The molecule has 164 valence electrons. The largest absolute Gasteiger partial charge is 0.424 e. The van der Waals surface area contributed by atoms with Gasteiger partial charge in [0.1, 0.15) is 12.2 Å². The molecule has 1 unspecified atom stereocenters. The molecule has 0 spiro atoms. The number of esters is 1. The van der Waals surface area contributed by atoms with Crippen molar-refractivity contribution in [2.45, 2.75) is 44.7 Å². The van der Waals surface area contributed by atoms with Gasteiger partial charge in [0.05, 0.1) is 24.3 Å². The van der Waals surface area contributed by atoms with E-state index in [4.69, 9.17) is 25.8 Å². The number of carbonyl (C=O) groups is 1. The number of ether oxygens (including phenoxy) is 3. The molecule has 1 saturated carbocycles. The molecule has 1 aromatic carbocycles. The predicted octanol–water partition coefficient (Wildman–Crippen LogP) is 3.57. The highest BCUT2D eigenvalue weighted by Gasteiger charge is 2.42. The fraction of sp³-hybridized carbons (Fsp3) is 0.429. The first kappa shape index (κ1) is 21.5. The first-order valence-electron chi connectivity index (χ1n) is 9.78. The second-order valence-corrected chi connectivity index (χ2v) is 8.02. The lowest BCUT2D eigenvalue weighted by Crippen LogP contribution is -2.27. The summed E-state index contributed by atoms with van der Waals surface area (Å²) in [6.07, 6.45) is 0.450. The third kappa shape index (κ3) is 4.34. The van der Waals surface area contributed by atoms with Crippen molar-refractivity contribution in [3.05, 3.63) is 68.0 Å². The zero-order valence-corrected chi connectivity index (χ0v) is 17.7. The first-order valence-corrected chi connectivity index (χ1v) is 10.2. The number of methoxy groups -OCH3 is 1. The van der Waals surface area contributed by atoms with Crippen molar-refractivity contribution in [2.75, 3.05) is 7.11 Å². The van der Waals surface area contributed by atoms with E-state index < -0.39 is 29.2 Å². The van der Waals surface area contributed by atoms with Crippen molar-refractivity contribution in [3.63, 3.8) is 0 Å². The highest BCUT2D eigenvalue weighted by molar-refractivity contribution is 6.30. The minimum atomic E-state index is -0.864. The van der Waals surface area contributed by atoms with Gasteiger partial charge in [0.2, 0.25) is 0 Å². The summed E-state index contributed by atoms with van der Waals surface area (Å²) >= 11 is 5.98. The maximum atomic E-state index is 12.9. The molecule has 1 aromatic heterocycles. The Kier molecular flexibility index (Phi) is 6.08. The van der Waals surface area contributed by atoms with E-state index in [-0.39, 0.29) is 25.6 Å². The van der Waals surface area contributed by atoms with Gasteiger partial charge in [0.25, 0.3) is 5.09 Å². The van der Waals surface area contributed by atoms with Crippen molar-refractivity contribution in [1.82, 2.24) is 4.98 Å². The molecule has 0 amide bonds. The maximum Gasteiger partial charge on any atom is 0.314 e. The Hall–Kier alpha value is -2.75. The van der Waals surface area contributed by atoms with Gasteiger partial charge < -0.3 is 19.0 Å². The Morgan fingerprint density at radius 3 is 2.65 bits per heavy atom. The smallest absolute Gasteiger partial charge is 0.314 e. The molecule has 2 aromatic rings. The average molecular weight is 449 g/mol. The molecule has 1 aliphatic carbocycles. The summed E-state index contributed by atoms with van der Waals surface area (Å²) in [5.41, 5.74) is 3.07. The Bertz CT molecular complexity index is 998. The number of aromatic nitrogens is 1. The second-order valence-electron chi connectivity index (χ2n) is 7.58. The summed E-state index contributed by atoms with van der Waals surface area (Å²) in [6, 6.07) is 7.34. The van der Waals surface area contributed by atoms with Gasteiger partial charge in [-0.25, -0.2) is 0 Å². The van der Waals surface area contributed by atoms with Crippen LogP contribution in [0.4, 0.5) is 0 Å². The number of pyridine rings is 1. The van der Waals surface area contributed by atoms with E-state index in [1.165, 1.54) is 7.11 Å². The normalized spacial score (nSPS) is 24.6. The molecule has 4 rings (SSSR count). The summed E-state index contributed by atoms with van der Waals surface area (Å²) in [5.74, 6) is -0.712. The fourth-order valence-corrected chi connectivity index (χ4v) is 4.26. The van der Waals surface area contributed by atoms with Crippen LogP contribution in [-0.4, -0.2) is 35.4 Å². The molecule has 9 nitrogen and oxygen atoms in total. The molecule has 0 N–H and O–H groups in total. The van der Waals surface area contributed by atoms with Crippen LogP contribution in [0.15, 0.2) is 30.5 Å². The van der Waals surface area contributed by atoms with Gasteiger partial charge in [-0.2, -0.15) is 0 Å². The van der Waals surface area contributed by atoms with Crippen molar-refractivity contribution >= 4 is 17.6 Å². The molecule has 0 bridgehead atoms. The Balaban J connectivity index is 1.54. The van der Waals surface area contributed by atoms with E-state index in [0.29, 0.717) is 16.5 Å². The van der Waals surface area contributed by atoms with Crippen LogP contribution in [0, 0.1) is 23.0 Å². The SMILES string of the molecule is CO[C@H]1C[C@@H](C(=O)Oc2c(C)ncc3c2COC3c2ccc(Cl)cc2)C[C@H]1O[N+](=O)[O-]. The molecule has 10 heteroatoms. The lowest BCUT2D eigenvalue weighted by molar-refractivity contribution is -0.770. The minimum Gasteiger partial charge on any atom is -0.424 e. The van der Waals surface area contributed by atoms with E-state index in [1.807, 2.05) is 12.1 Å². The van der Waals surface area contributed by atoms with Gasteiger partial charge >= 0.3 is 5.97 Å². The Morgan fingerprint density at radius 2 is 1.97 bits per heavy atom.